The summed E-state index contributed by atoms with van der Waals surface area (Å²) in [7, 11) is -3.75. The van der Waals surface area contributed by atoms with Gasteiger partial charge in [0.05, 0.1) is 29.4 Å². The molecule has 2 saturated carbocycles. The van der Waals surface area contributed by atoms with E-state index < -0.39 is 40.0 Å². The highest BCUT2D eigenvalue weighted by Gasteiger charge is 2.44. The van der Waals surface area contributed by atoms with E-state index in [2.05, 4.69) is 19.9 Å². The lowest BCUT2D eigenvalue weighted by Gasteiger charge is -2.35. The molecule has 1 aliphatic heterocycles. The molecular weight excluding hydrogens is 533 g/mol. The van der Waals surface area contributed by atoms with Crippen molar-refractivity contribution in [3.05, 3.63) is 47.5 Å². The van der Waals surface area contributed by atoms with Crippen molar-refractivity contribution >= 4 is 33.0 Å². The van der Waals surface area contributed by atoms with Gasteiger partial charge in [-0.05, 0) is 68.2 Å². The fourth-order valence-electron chi connectivity index (χ4n) is 5.58. The van der Waals surface area contributed by atoms with Gasteiger partial charge in [-0.25, -0.2) is 26.6 Å². The monoisotopic (exact) mass is 566 g/mol. The molecule has 3 aliphatic rings. The summed E-state index contributed by atoms with van der Waals surface area (Å²) in [6.07, 6.45) is 4.14. The number of sulfonamides is 1. The number of aliphatic hydroxyl groups is 1. The summed E-state index contributed by atoms with van der Waals surface area (Å²) in [5.41, 5.74) is 1.86. The Hall–Kier alpha value is -2.86. The molecule has 0 bridgehead atoms. The van der Waals surface area contributed by atoms with Gasteiger partial charge in [-0.3, -0.25) is 9.52 Å². The molecule has 0 radical (unpaired) electrons. The van der Waals surface area contributed by atoms with Gasteiger partial charge in [-0.2, -0.15) is 0 Å². The Balaban J connectivity index is 1.38. The number of amides is 1. The lowest BCUT2D eigenvalue weighted by molar-refractivity contribution is -0.0385. The SMILES string of the molecule is O=C(Nc1ccc(NS(=O)(=O)CCO)cc1N1CCC2(CC1)CC2)c1cc(F)cc(C2CCC(F)(F)CC2)n1. The van der Waals surface area contributed by atoms with E-state index in [4.69, 9.17) is 5.11 Å². The average molecular weight is 567 g/mol. The molecule has 2 heterocycles. The number of piperidine rings is 1. The highest BCUT2D eigenvalue weighted by atomic mass is 32.2. The van der Waals surface area contributed by atoms with Crippen LogP contribution in [0.3, 0.4) is 0 Å². The number of hydrogen-bond donors (Lipinski definition) is 3. The van der Waals surface area contributed by atoms with Gasteiger partial charge in [0.2, 0.25) is 15.9 Å². The lowest BCUT2D eigenvalue weighted by Crippen LogP contribution is -2.35. The minimum absolute atomic E-state index is 0.156. The van der Waals surface area contributed by atoms with Crippen LogP contribution in [0.2, 0.25) is 0 Å². The number of nitrogens with zero attached hydrogens (tertiary/aromatic N) is 2. The maximum atomic E-state index is 14.5. The number of carbonyl (C=O) groups is 1. The van der Waals surface area contributed by atoms with Crippen molar-refractivity contribution in [2.45, 2.75) is 63.2 Å². The second-order valence-corrected chi connectivity index (χ2v) is 12.9. The van der Waals surface area contributed by atoms with Crippen LogP contribution in [0.25, 0.3) is 0 Å². The molecule has 0 unspecified atom stereocenters. The number of benzene rings is 1. The second kappa shape index (κ2) is 10.6. The van der Waals surface area contributed by atoms with E-state index in [1.54, 1.807) is 12.1 Å². The minimum atomic E-state index is -3.75. The van der Waals surface area contributed by atoms with Crippen LogP contribution in [-0.2, 0) is 10.0 Å². The van der Waals surface area contributed by atoms with Crippen LogP contribution in [0, 0.1) is 11.2 Å². The smallest absolute Gasteiger partial charge is 0.274 e. The third kappa shape index (κ3) is 6.66. The fourth-order valence-corrected chi connectivity index (χ4v) is 6.41. The second-order valence-electron chi connectivity index (χ2n) is 11.0. The summed E-state index contributed by atoms with van der Waals surface area (Å²) in [6.45, 7) is 0.964. The number of anilines is 3. The van der Waals surface area contributed by atoms with Crippen molar-refractivity contribution in [3.63, 3.8) is 0 Å². The standard InChI is InChI=1S/C27H33F3N4O4S/c28-19-15-22(18-3-5-27(29,30)6-4-18)31-23(16-19)25(36)32-21-2-1-20(33-39(37,38)14-13-35)17-24(21)34-11-9-26(7-8-26)10-12-34/h1-2,15-18,33,35H,3-14H2,(H,32,36). The fraction of sp³-hybridized carbons (Fsp3) is 0.556. The summed E-state index contributed by atoms with van der Waals surface area (Å²) in [5.74, 6) is -4.84. The van der Waals surface area contributed by atoms with Crippen LogP contribution in [0.5, 0.6) is 0 Å². The first-order valence-electron chi connectivity index (χ1n) is 13.3. The Bertz CT molecular complexity index is 1330. The third-order valence-electron chi connectivity index (χ3n) is 8.18. The zero-order chi connectivity index (χ0) is 27.8. The van der Waals surface area contributed by atoms with Crippen LogP contribution in [-0.4, -0.2) is 55.8 Å². The maximum Gasteiger partial charge on any atom is 0.274 e. The number of rotatable bonds is 8. The largest absolute Gasteiger partial charge is 0.395 e. The van der Waals surface area contributed by atoms with Crippen molar-refractivity contribution in [1.29, 1.82) is 0 Å². The van der Waals surface area contributed by atoms with Gasteiger partial charge in [0, 0.05) is 43.6 Å². The molecule has 212 valence electrons. The van der Waals surface area contributed by atoms with Gasteiger partial charge >= 0.3 is 0 Å². The topological polar surface area (TPSA) is 112 Å². The van der Waals surface area contributed by atoms with E-state index >= 15 is 0 Å². The number of alkyl halides is 2. The molecule has 8 nitrogen and oxygen atoms in total. The molecule has 5 rings (SSSR count). The Kier molecular flexibility index (Phi) is 7.53. The Morgan fingerprint density at radius 1 is 1.05 bits per heavy atom. The molecule has 2 aromatic rings. The van der Waals surface area contributed by atoms with E-state index in [1.165, 1.54) is 25.0 Å². The minimum Gasteiger partial charge on any atom is -0.395 e. The van der Waals surface area contributed by atoms with Crippen molar-refractivity contribution < 1.29 is 31.5 Å². The summed E-state index contributed by atoms with van der Waals surface area (Å²) in [4.78, 5) is 19.7. The molecule has 3 N–H and O–H groups in total. The molecule has 1 aromatic carbocycles. The van der Waals surface area contributed by atoms with Crippen LogP contribution < -0.4 is 14.9 Å². The molecule has 12 heteroatoms. The first-order valence-corrected chi connectivity index (χ1v) is 15.0. The van der Waals surface area contributed by atoms with E-state index in [0.29, 0.717) is 22.5 Å². The first kappa shape index (κ1) is 27.7. The number of carbonyl (C=O) groups excluding carboxylic acids is 1. The quantitative estimate of drug-likeness (QED) is 0.420. The number of aliphatic hydroxyl groups excluding tert-OH is 1. The number of aromatic nitrogens is 1. The van der Waals surface area contributed by atoms with Crippen LogP contribution in [0.1, 0.15) is 73.5 Å². The molecule has 3 fully saturated rings. The molecule has 1 amide bonds. The highest BCUT2D eigenvalue weighted by molar-refractivity contribution is 7.92. The molecule has 1 spiro atoms. The van der Waals surface area contributed by atoms with Gasteiger partial charge in [-0.1, -0.05) is 0 Å². The molecule has 2 aliphatic carbocycles. The van der Waals surface area contributed by atoms with Crippen molar-refractivity contribution in [2.75, 3.05) is 40.4 Å². The lowest BCUT2D eigenvalue weighted by atomic mass is 9.84. The number of halogens is 3. The van der Waals surface area contributed by atoms with Crippen LogP contribution in [0.15, 0.2) is 30.3 Å². The Morgan fingerprint density at radius 2 is 1.74 bits per heavy atom. The number of nitrogens with one attached hydrogen (secondary N) is 2. The van der Waals surface area contributed by atoms with Crippen molar-refractivity contribution in [1.82, 2.24) is 4.98 Å². The predicted octanol–water partition coefficient (Wildman–Crippen LogP) is 4.88. The van der Waals surface area contributed by atoms with E-state index in [9.17, 15) is 26.4 Å². The summed E-state index contributed by atoms with van der Waals surface area (Å²) < 4.78 is 68.6. The van der Waals surface area contributed by atoms with Crippen molar-refractivity contribution in [3.8, 4) is 0 Å². The third-order valence-corrected chi connectivity index (χ3v) is 9.45. The Morgan fingerprint density at radius 3 is 2.38 bits per heavy atom. The Labute approximate surface area is 226 Å². The molecule has 1 saturated heterocycles. The van der Waals surface area contributed by atoms with Crippen LogP contribution >= 0.6 is 0 Å². The average Bonchev–Trinajstić information content (AvgIpc) is 3.63. The summed E-state index contributed by atoms with van der Waals surface area (Å²) in [5, 5.41) is 11.8. The van der Waals surface area contributed by atoms with Gasteiger partial charge in [0.25, 0.3) is 5.91 Å². The summed E-state index contributed by atoms with van der Waals surface area (Å²) in [6, 6.07) is 6.94. The van der Waals surface area contributed by atoms with Gasteiger partial charge in [0.1, 0.15) is 11.5 Å². The summed E-state index contributed by atoms with van der Waals surface area (Å²) >= 11 is 0. The van der Waals surface area contributed by atoms with E-state index in [0.717, 1.165) is 32.0 Å². The van der Waals surface area contributed by atoms with Gasteiger partial charge in [-0.15, -0.1) is 0 Å². The first-order chi connectivity index (χ1) is 18.5. The molecular formula is C27H33F3N4O4S. The molecule has 0 atom stereocenters. The number of pyridine rings is 1. The molecule has 1 aromatic heterocycles. The normalized spacial score (nSPS) is 20.6. The van der Waals surface area contributed by atoms with Gasteiger partial charge < -0.3 is 15.3 Å². The zero-order valence-corrected chi connectivity index (χ0v) is 22.4. The highest BCUT2D eigenvalue weighted by Crippen LogP contribution is 2.54. The molecule has 39 heavy (non-hydrogen) atoms. The maximum absolute atomic E-state index is 14.5. The zero-order valence-electron chi connectivity index (χ0n) is 21.6. The van der Waals surface area contributed by atoms with Gasteiger partial charge in [0.15, 0.2) is 0 Å². The predicted molar refractivity (Wildman–Crippen MR) is 142 cm³/mol. The van der Waals surface area contributed by atoms with E-state index in [-0.39, 0.29) is 43.0 Å². The van der Waals surface area contributed by atoms with Crippen molar-refractivity contribution in [2.24, 2.45) is 5.41 Å². The van der Waals surface area contributed by atoms with E-state index in [1.807, 2.05) is 0 Å². The number of hydrogen-bond acceptors (Lipinski definition) is 6. The van der Waals surface area contributed by atoms with Crippen LogP contribution in [0.4, 0.5) is 30.2 Å².